The summed E-state index contributed by atoms with van der Waals surface area (Å²) < 4.78 is 0. The van der Waals surface area contributed by atoms with E-state index < -0.39 is 18.2 Å². The zero-order chi connectivity index (χ0) is 17.3. The molecule has 9 nitrogen and oxygen atoms in total. The molecule has 0 aromatic carbocycles. The molecule has 0 aliphatic carbocycles. The van der Waals surface area contributed by atoms with Crippen molar-refractivity contribution in [2.75, 3.05) is 52.9 Å². The number of nitrogens with zero attached hydrogens (tertiary/aromatic N) is 5. The van der Waals surface area contributed by atoms with Crippen molar-refractivity contribution >= 4 is 17.9 Å². The number of carbonyl (C=O) groups excluding carboxylic acids is 2. The number of aliphatic hydroxyl groups excluding tert-OH is 1. The number of aliphatic imine (C=N–C) groups is 1. The Hall–Kier alpha value is -1.87. The number of hydrogen-bond donors (Lipinski definition) is 2. The van der Waals surface area contributed by atoms with Crippen LogP contribution in [0.4, 0.5) is 4.79 Å². The minimum atomic E-state index is -0.455. The van der Waals surface area contributed by atoms with Gasteiger partial charge in [-0.2, -0.15) is 0 Å². The molecular weight excluding hydrogens is 312 g/mol. The number of amides is 3. The highest BCUT2D eigenvalue weighted by Gasteiger charge is 2.49. The predicted octanol–water partition coefficient (Wildman–Crippen LogP) is -1.45. The van der Waals surface area contributed by atoms with E-state index in [4.69, 9.17) is 10.1 Å². The number of nitrogens with one attached hydrogen (secondary N) is 1. The Morgan fingerprint density at radius 3 is 2.54 bits per heavy atom. The maximum absolute atomic E-state index is 12.4. The highest BCUT2D eigenvalue weighted by atomic mass is 16.3. The number of β-amino-alcohol motifs (C(OH)–C–C–N with tert-alkyl or cyclic N) is 1. The molecule has 0 bridgehead atoms. The lowest BCUT2D eigenvalue weighted by atomic mass is 10.1. The summed E-state index contributed by atoms with van der Waals surface area (Å²) in [7, 11) is 1.68. The average molecular weight is 338 g/mol. The van der Waals surface area contributed by atoms with Crippen molar-refractivity contribution in [3.63, 3.8) is 0 Å². The van der Waals surface area contributed by atoms with Crippen LogP contribution in [0.1, 0.15) is 13.3 Å². The van der Waals surface area contributed by atoms with Crippen LogP contribution < -0.4 is 5.32 Å². The number of guanidine groups is 1. The van der Waals surface area contributed by atoms with E-state index in [0.29, 0.717) is 6.54 Å². The normalized spacial score (nSPS) is 28.1. The molecule has 0 aromatic rings. The summed E-state index contributed by atoms with van der Waals surface area (Å²) in [6, 6.07) is -0.839. The Morgan fingerprint density at radius 2 is 1.92 bits per heavy atom. The van der Waals surface area contributed by atoms with Crippen LogP contribution in [0.3, 0.4) is 0 Å². The standard InChI is InChI=1S/C15H26N6O3/c1-3-4-21-11-12(18(2)15(24)17-13(11)23)16-14(21)20-7-5-19(6-8-20)9-10-22/h11-12,22H,3-10H2,1-2H3,(H,17,23,24). The van der Waals surface area contributed by atoms with Gasteiger partial charge in [-0.15, -0.1) is 0 Å². The number of urea groups is 1. The fourth-order valence-electron chi connectivity index (χ4n) is 3.57. The Kier molecular flexibility index (Phi) is 4.91. The molecule has 9 heteroatoms. The highest BCUT2D eigenvalue weighted by Crippen LogP contribution is 2.26. The minimum Gasteiger partial charge on any atom is -0.395 e. The van der Waals surface area contributed by atoms with E-state index in [1.54, 1.807) is 7.05 Å². The minimum absolute atomic E-state index is 0.167. The first-order valence-corrected chi connectivity index (χ1v) is 8.57. The third-order valence-corrected chi connectivity index (χ3v) is 4.87. The summed E-state index contributed by atoms with van der Waals surface area (Å²) in [4.78, 5) is 36.9. The lowest BCUT2D eigenvalue weighted by Gasteiger charge is -2.40. The van der Waals surface area contributed by atoms with Crippen LogP contribution in [0.25, 0.3) is 0 Å². The second-order valence-corrected chi connectivity index (χ2v) is 6.44. The molecule has 3 amide bonds. The molecule has 2 atom stereocenters. The van der Waals surface area contributed by atoms with Crippen molar-refractivity contribution in [3.05, 3.63) is 0 Å². The largest absolute Gasteiger partial charge is 0.395 e. The number of piperazine rings is 1. The van der Waals surface area contributed by atoms with E-state index in [9.17, 15) is 9.59 Å². The first-order valence-electron chi connectivity index (χ1n) is 8.57. The Morgan fingerprint density at radius 1 is 1.21 bits per heavy atom. The zero-order valence-corrected chi connectivity index (χ0v) is 14.3. The van der Waals surface area contributed by atoms with Crippen molar-refractivity contribution < 1.29 is 14.7 Å². The predicted molar refractivity (Wildman–Crippen MR) is 88.4 cm³/mol. The second kappa shape index (κ2) is 6.94. The molecular formula is C15H26N6O3. The van der Waals surface area contributed by atoms with Crippen LogP contribution in [0.5, 0.6) is 0 Å². The van der Waals surface area contributed by atoms with E-state index in [-0.39, 0.29) is 12.5 Å². The monoisotopic (exact) mass is 338 g/mol. The first-order chi connectivity index (χ1) is 11.6. The van der Waals surface area contributed by atoms with E-state index in [0.717, 1.165) is 45.1 Å². The van der Waals surface area contributed by atoms with Gasteiger partial charge >= 0.3 is 6.03 Å². The smallest absolute Gasteiger partial charge is 0.325 e. The molecule has 0 radical (unpaired) electrons. The molecule has 0 saturated carbocycles. The number of aliphatic hydroxyl groups is 1. The van der Waals surface area contributed by atoms with Gasteiger partial charge in [-0.25, -0.2) is 9.79 Å². The van der Waals surface area contributed by atoms with Crippen LogP contribution in [0, 0.1) is 0 Å². The number of carbonyl (C=O) groups is 2. The van der Waals surface area contributed by atoms with Crippen LogP contribution in [-0.2, 0) is 4.79 Å². The molecule has 2 unspecified atom stereocenters. The topological polar surface area (TPSA) is 91.7 Å². The van der Waals surface area contributed by atoms with Crippen LogP contribution in [-0.4, -0.2) is 108 Å². The Bertz CT molecular complexity index is 531. The van der Waals surface area contributed by atoms with Crippen molar-refractivity contribution in [2.24, 2.45) is 4.99 Å². The third kappa shape index (κ3) is 2.93. The lowest BCUT2D eigenvalue weighted by molar-refractivity contribution is -0.127. The summed E-state index contributed by atoms with van der Waals surface area (Å²) in [6.45, 7) is 6.97. The second-order valence-electron chi connectivity index (χ2n) is 6.44. The molecule has 24 heavy (non-hydrogen) atoms. The number of likely N-dealkylation sites (N-methyl/N-ethyl adjacent to an activating group) is 1. The van der Waals surface area contributed by atoms with Gasteiger partial charge in [0.25, 0.3) is 5.91 Å². The Balaban J connectivity index is 1.78. The molecule has 0 aromatic heterocycles. The molecule has 3 heterocycles. The first kappa shape index (κ1) is 17.0. The van der Waals surface area contributed by atoms with Crippen molar-refractivity contribution in [1.29, 1.82) is 0 Å². The van der Waals surface area contributed by atoms with Crippen molar-refractivity contribution in [1.82, 2.24) is 24.9 Å². The van der Waals surface area contributed by atoms with Gasteiger partial charge in [0.2, 0.25) is 0 Å². The summed E-state index contributed by atoms with van der Waals surface area (Å²) in [6.07, 6.45) is 0.445. The Labute approximate surface area is 141 Å². The van der Waals surface area contributed by atoms with Gasteiger partial charge in [-0.1, -0.05) is 6.92 Å². The molecule has 3 aliphatic rings. The summed E-state index contributed by atoms with van der Waals surface area (Å²) in [5.41, 5.74) is 0. The quantitative estimate of drug-likeness (QED) is 0.652. The number of fused-ring (bicyclic) bond motifs is 1. The highest BCUT2D eigenvalue weighted by molar-refractivity contribution is 6.03. The van der Waals surface area contributed by atoms with E-state index in [2.05, 4.69) is 22.0 Å². The number of hydrogen-bond acceptors (Lipinski definition) is 7. The molecule has 2 N–H and O–H groups in total. The van der Waals surface area contributed by atoms with Crippen LogP contribution in [0.15, 0.2) is 4.99 Å². The zero-order valence-electron chi connectivity index (χ0n) is 14.3. The van der Waals surface area contributed by atoms with Gasteiger partial charge in [0, 0.05) is 46.3 Å². The summed E-state index contributed by atoms with van der Waals surface area (Å²) in [5.74, 6) is 0.543. The van der Waals surface area contributed by atoms with Gasteiger partial charge in [0.1, 0.15) is 0 Å². The maximum atomic E-state index is 12.4. The molecule has 3 aliphatic heterocycles. The fraction of sp³-hybridized carbons (Fsp3) is 0.800. The van der Waals surface area contributed by atoms with Gasteiger partial charge in [-0.05, 0) is 6.42 Å². The molecule has 3 rings (SSSR count). The van der Waals surface area contributed by atoms with E-state index in [1.165, 1.54) is 4.90 Å². The number of imide groups is 1. The van der Waals surface area contributed by atoms with Gasteiger partial charge < -0.3 is 19.8 Å². The maximum Gasteiger partial charge on any atom is 0.325 e. The average Bonchev–Trinajstić information content (AvgIpc) is 2.94. The summed E-state index contributed by atoms with van der Waals surface area (Å²) >= 11 is 0. The van der Waals surface area contributed by atoms with Crippen molar-refractivity contribution in [3.8, 4) is 0 Å². The fourth-order valence-corrected chi connectivity index (χ4v) is 3.57. The van der Waals surface area contributed by atoms with Gasteiger partial charge in [-0.3, -0.25) is 15.0 Å². The van der Waals surface area contributed by atoms with Crippen molar-refractivity contribution in [2.45, 2.75) is 25.6 Å². The van der Waals surface area contributed by atoms with E-state index in [1.807, 2.05) is 4.90 Å². The van der Waals surface area contributed by atoms with Crippen LogP contribution >= 0.6 is 0 Å². The molecule has 2 saturated heterocycles. The van der Waals surface area contributed by atoms with E-state index >= 15 is 0 Å². The van der Waals surface area contributed by atoms with Crippen LogP contribution in [0.2, 0.25) is 0 Å². The molecule has 134 valence electrons. The third-order valence-electron chi connectivity index (χ3n) is 4.87. The molecule has 0 spiro atoms. The summed E-state index contributed by atoms with van der Waals surface area (Å²) in [5, 5.41) is 11.5. The van der Waals surface area contributed by atoms with Gasteiger partial charge in [0.15, 0.2) is 18.2 Å². The lowest BCUT2D eigenvalue weighted by Crippen LogP contribution is -2.64. The van der Waals surface area contributed by atoms with Gasteiger partial charge in [0.05, 0.1) is 6.61 Å². The SMILES string of the molecule is CCCN1C(N2CCN(CCO)CC2)=NC2C1C(=O)NC(=O)N2C. The molecule has 2 fully saturated rings. The number of rotatable bonds is 4.